The van der Waals surface area contributed by atoms with Crippen molar-refractivity contribution in [2.75, 3.05) is 37.8 Å². The molecule has 0 unspecified atom stereocenters. The number of aliphatic imine (C=N–C) groups is 1. The summed E-state index contributed by atoms with van der Waals surface area (Å²) in [6.45, 7) is 3.67. The van der Waals surface area contributed by atoms with Gasteiger partial charge < -0.3 is 20.1 Å². The maximum Gasteiger partial charge on any atom is 0.191 e. The van der Waals surface area contributed by atoms with Crippen molar-refractivity contribution in [3.63, 3.8) is 0 Å². The number of thioether (sulfide) groups is 1. The molecule has 8 heteroatoms. The molecule has 0 atom stereocenters. The molecule has 1 saturated heterocycles. The first kappa shape index (κ1) is 18.0. The van der Waals surface area contributed by atoms with Gasteiger partial charge in [-0.05, 0) is 33.6 Å². The number of hydrogen-bond donors (Lipinski definition) is 1. The van der Waals surface area contributed by atoms with Gasteiger partial charge in [-0.2, -0.15) is 11.8 Å². The van der Waals surface area contributed by atoms with E-state index in [1.807, 2.05) is 23.9 Å². The summed E-state index contributed by atoms with van der Waals surface area (Å²) in [7, 11) is 0. The first-order valence-corrected chi connectivity index (χ1v) is 8.89. The Morgan fingerprint density at radius 1 is 1.27 bits per heavy atom. The minimum absolute atomic E-state index is 0. The van der Waals surface area contributed by atoms with Gasteiger partial charge in [-0.3, -0.25) is 0 Å². The first-order valence-electron chi connectivity index (χ1n) is 6.94. The fourth-order valence-corrected chi connectivity index (χ4v) is 3.83. The summed E-state index contributed by atoms with van der Waals surface area (Å²) in [5, 5.41) is 0. The number of fused-ring (bicyclic) bond motifs is 1. The van der Waals surface area contributed by atoms with Crippen LogP contribution < -0.4 is 15.2 Å². The first-order chi connectivity index (χ1) is 10.2. The molecule has 1 fully saturated rings. The summed E-state index contributed by atoms with van der Waals surface area (Å²) < 4.78 is 12.1. The number of ether oxygens (including phenoxy) is 2. The second-order valence-corrected chi connectivity index (χ2v) is 6.95. The van der Waals surface area contributed by atoms with Crippen molar-refractivity contribution in [2.24, 2.45) is 10.7 Å². The van der Waals surface area contributed by atoms with Gasteiger partial charge in [0.1, 0.15) is 13.2 Å². The number of halogens is 2. The molecule has 122 valence electrons. The fraction of sp³-hybridized carbons (Fsp3) is 0.500. The molecule has 2 heterocycles. The molecule has 0 amide bonds. The van der Waals surface area contributed by atoms with E-state index in [1.54, 1.807) is 0 Å². The SMILES string of the molecule is I.NC(=NCc1cc(Br)c2c(c1)OCCO2)N1CCSCC1. The molecule has 1 aromatic rings. The van der Waals surface area contributed by atoms with Crippen molar-refractivity contribution in [3.05, 3.63) is 22.2 Å². The molecule has 0 aromatic heterocycles. The molecular formula is C14H19BrIN3O2S. The maximum atomic E-state index is 6.07. The van der Waals surface area contributed by atoms with Crippen LogP contribution in [-0.2, 0) is 6.54 Å². The van der Waals surface area contributed by atoms with E-state index >= 15 is 0 Å². The van der Waals surface area contributed by atoms with Crippen LogP contribution in [0.5, 0.6) is 11.5 Å². The third-order valence-electron chi connectivity index (χ3n) is 3.42. The molecule has 2 aliphatic rings. The molecule has 0 bridgehead atoms. The van der Waals surface area contributed by atoms with Gasteiger partial charge in [0.25, 0.3) is 0 Å². The van der Waals surface area contributed by atoms with Gasteiger partial charge in [0.2, 0.25) is 0 Å². The highest BCUT2D eigenvalue weighted by atomic mass is 127. The van der Waals surface area contributed by atoms with Crippen molar-refractivity contribution in [2.45, 2.75) is 6.54 Å². The van der Waals surface area contributed by atoms with Gasteiger partial charge >= 0.3 is 0 Å². The number of nitrogens with zero attached hydrogens (tertiary/aromatic N) is 2. The summed E-state index contributed by atoms with van der Waals surface area (Å²) in [6, 6.07) is 3.98. The molecule has 0 saturated carbocycles. The Morgan fingerprint density at radius 3 is 2.77 bits per heavy atom. The lowest BCUT2D eigenvalue weighted by Crippen LogP contribution is -2.42. The Morgan fingerprint density at radius 2 is 2.00 bits per heavy atom. The standard InChI is InChI=1S/C14H18BrN3O2S.HI/c15-11-7-10(8-12-13(11)20-4-3-19-12)9-17-14(16)18-1-5-21-6-2-18;/h7-8H,1-6,9H2,(H2,16,17);1H. The summed E-state index contributed by atoms with van der Waals surface area (Å²) in [5.74, 6) is 4.41. The molecule has 5 nitrogen and oxygen atoms in total. The van der Waals surface area contributed by atoms with Crippen LogP contribution in [-0.4, -0.2) is 48.7 Å². The molecular weight excluding hydrogens is 481 g/mol. The zero-order chi connectivity index (χ0) is 14.7. The molecule has 1 aromatic carbocycles. The van der Waals surface area contributed by atoms with Gasteiger partial charge in [-0.1, -0.05) is 0 Å². The van der Waals surface area contributed by atoms with Crippen LogP contribution in [0.2, 0.25) is 0 Å². The highest BCUT2D eigenvalue weighted by molar-refractivity contribution is 14.0. The monoisotopic (exact) mass is 499 g/mol. The van der Waals surface area contributed by atoms with E-state index in [0.717, 1.165) is 46.1 Å². The van der Waals surface area contributed by atoms with Crippen molar-refractivity contribution < 1.29 is 9.47 Å². The van der Waals surface area contributed by atoms with E-state index in [4.69, 9.17) is 15.2 Å². The lowest BCUT2D eigenvalue weighted by atomic mass is 10.2. The Hall–Kier alpha value is -0.350. The molecule has 2 N–H and O–H groups in total. The molecule has 2 aliphatic heterocycles. The quantitative estimate of drug-likeness (QED) is 0.385. The lowest BCUT2D eigenvalue weighted by Gasteiger charge is -2.27. The fourth-order valence-electron chi connectivity index (χ4n) is 2.32. The molecule has 3 rings (SSSR count). The van der Waals surface area contributed by atoms with Crippen molar-refractivity contribution in [1.82, 2.24) is 4.90 Å². The topological polar surface area (TPSA) is 60.1 Å². The van der Waals surface area contributed by atoms with Crippen LogP contribution in [0, 0.1) is 0 Å². The van der Waals surface area contributed by atoms with Gasteiger partial charge in [0, 0.05) is 24.6 Å². The Balaban J connectivity index is 0.00000176. The molecule has 22 heavy (non-hydrogen) atoms. The largest absolute Gasteiger partial charge is 0.486 e. The number of benzene rings is 1. The smallest absolute Gasteiger partial charge is 0.191 e. The van der Waals surface area contributed by atoms with E-state index in [9.17, 15) is 0 Å². The highest BCUT2D eigenvalue weighted by Gasteiger charge is 2.16. The van der Waals surface area contributed by atoms with Gasteiger partial charge in [-0.25, -0.2) is 4.99 Å². The summed E-state index contributed by atoms with van der Waals surface area (Å²) in [6.07, 6.45) is 0. The second kappa shape index (κ2) is 8.49. The third kappa shape index (κ3) is 4.35. The van der Waals surface area contributed by atoms with Crippen molar-refractivity contribution in [3.8, 4) is 11.5 Å². The minimum atomic E-state index is 0. The van der Waals surface area contributed by atoms with E-state index < -0.39 is 0 Å². The molecule has 0 aliphatic carbocycles. The Labute approximate surface area is 160 Å². The van der Waals surface area contributed by atoms with E-state index in [0.29, 0.717) is 25.7 Å². The summed E-state index contributed by atoms with van der Waals surface area (Å²) >= 11 is 5.48. The molecule has 0 radical (unpaired) electrons. The van der Waals surface area contributed by atoms with Crippen LogP contribution in [0.3, 0.4) is 0 Å². The lowest BCUT2D eigenvalue weighted by molar-refractivity contribution is 0.170. The van der Waals surface area contributed by atoms with Crippen LogP contribution in [0.1, 0.15) is 5.56 Å². The van der Waals surface area contributed by atoms with Gasteiger partial charge in [0.15, 0.2) is 17.5 Å². The second-order valence-electron chi connectivity index (χ2n) is 4.88. The zero-order valence-electron chi connectivity index (χ0n) is 12.1. The predicted octanol–water partition coefficient (Wildman–Crippen LogP) is 2.70. The summed E-state index contributed by atoms with van der Waals surface area (Å²) in [5.41, 5.74) is 7.13. The van der Waals surface area contributed by atoms with Crippen LogP contribution in [0.15, 0.2) is 21.6 Å². The zero-order valence-corrected chi connectivity index (χ0v) is 16.8. The van der Waals surface area contributed by atoms with Crippen LogP contribution in [0.4, 0.5) is 0 Å². The Bertz CT molecular complexity index is 553. The van der Waals surface area contributed by atoms with Crippen molar-refractivity contribution >= 4 is 57.6 Å². The minimum Gasteiger partial charge on any atom is -0.486 e. The van der Waals surface area contributed by atoms with Gasteiger partial charge in [-0.15, -0.1) is 24.0 Å². The maximum absolute atomic E-state index is 6.07. The normalized spacial score (nSPS) is 17.9. The number of hydrogen-bond acceptors (Lipinski definition) is 4. The highest BCUT2D eigenvalue weighted by Crippen LogP contribution is 2.38. The van der Waals surface area contributed by atoms with E-state index in [2.05, 4.69) is 25.8 Å². The summed E-state index contributed by atoms with van der Waals surface area (Å²) in [4.78, 5) is 6.64. The van der Waals surface area contributed by atoms with Crippen LogP contribution in [0.25, 0.3) is 0 Å². The van der Waals surface area contributed by atoms with E-state index in [1.165, 1.54) is 0 Å². The number of guanidine groups is 1. The van der Waals surface area contributed by atoms with Gasteiger partial charge in [0.05, 0.1) is 11.0 Å². The van der Waals surface area contributed by atoms with Crippen LogP contribution >= 0.6 is 51.7 Å². The number of nitrogens with two attached hydrogens (primary N) is 1. The average Bonchev–Trinajstić information content (AvgIpc) is 2.53. The molecule has 0 spiro atoms. The Kier molecular flexibility index (Phi) is 6.94. The van der Waals surface area contributed by atoms with E-state index in [-0.39, 0.29) is 24.0 Å². The number of rotatable bonds is 2. The third-order valence-corrected chi connectivity index (χ3v) is 4.95. The predicted molar refractivity (Wildman–Crippen MR) is 105 cm³/mol. The average molecular weight is 500 g/mol. The van der Waals surface area contributed by atoms with Crippen molar-refractivity contribution in [1.29, 1.82) is 0 Å².